The third kappa shape index (κ3) is 1.81. The van der Waals surface area contributed by atoms with E-state index in [0.29, 0.717) is 12.1 Å². The van der Waals surface area contributed by atoms with Crippen molar-refractivity contribution in [2.45, 2.75) is 0 Å². The minimum absolute atomic E-state index is 0.184. The number of hydrogen-bond acceptors (Lipinski definition) is 6. The molecule has 7 nitrogen and oxygen atoms in total. The van der Waals surface area contributed by atoms with Crippen molar-refractivity contribution in [3.63, 3.8) is 0 Å². The Balaban J connectivity index is 2.65. The van der Waals surface area contributed by atoms with Gasteiger partial charge in [-0.2, -0.15) is 9.37 Å². The number of halogens is 2. The Morgan fingerprint density at radius 2 is 2.11 bits per heavy atom. The monoisotopic (exact) mass is 255 g/mol. The molecule has 9 heteroatoms. The maximum absolute atomic E-state index is 13.7. The molecule has 0 aliphatic carbocycles. The van der Waals surface area contributed by atoms with Gasteiger partial charge in [0, 0.05) is 6.07 Å². The molecule has 0 saturated heterocycles. The van der Waals surface area contributed by atoms with Crippen molar-refractivity contribution in [3.8, 4) is 11.4 Å². The van der Waals surface area contributed by atoms with Gasteiger partial charge in [-0.15, -0.1) is 0 Å². The predicted octanol–water partition coefficient (Wildman–Crippen LogP) is 1.74. The van der Waals surface area contributed by atoms with Crippen molar-refractivity contribution in [1.82, 2.24) is 10.1 Å². The smallest absolute Gasteiger partial charge is 0.305 e. The lowest BCUT2D eigenvalue weighted by molar-refractivity contribution is -0.387. The fraction of sp³-hybridized carbons (Fsp3) is 0. The Bertz CT molecular complexity index is 641. The number of aldehydes is 1. The second-order valence-corrected chi connectivity index (χ2v) is 3.09. The summed E-state index contributed by atoms with van der Waals surface area (Å²) in [6, 6.07) is 1.38. The van der Waals surface area contributed by atoms with E-state index in [1.54, 1.807) is 0 Å². The van der Waals surface area contributed by atoms with E-state index in [1.807, 2.05) is 0 Å². The summed E-state index contributed by atoms with van der Waals surface area (Å²) in [7, 11) is 0. The fourth-order valence-corrected chi connectivity index (χ4v) is 1.27. The fourth-order valence-electron chi connectivity index (χ4n) is 1.27. The van der Waals surface area contributed by atoms with Crippen LogP contribution in [-0.2, 0) is 0 Å². The molecule has 0 radical (unpaired) electrons. The van der Waals surface area contributed by atoms with Crippen LogP contribution in [0.25, 0.3) is 11.4 Å². The Morgan fingerprint density at radius 3 is 2.67 bits per heavy atom. The lowest BCUT2D eigenvalue weighted by Crippen LogP contribution is -1.98. The molecule has 2 rings (SSSR count). The highest BCUT2D eigenvalue weighted by atomic mass is 19.1. The maximum Gasteiger partial charge on any atom is 0.305 e. The number of carbonyl (C=O) groups is 1. The number of aromatic nitrogens is 2. The standard InChI is InChI=1S/C9H3F2N3O4/c10-4-1-2-5(14(16)17)8(11)7(4)9-12-6(3-15)18-13-9/h1-3H. The van der Waals surface area contributed by atoms with Gasteiger partial charge >= 0.3 is 5.69 Å². The summed E-state index contributed by atoms with van der Waals surface area (Å²) in [6.07, 6.45) is 0.184. The van der Waals surface area contributed by atoms with Crippen molar-refractivity contribution in [3.05, 3.63) is 39.8 Å². The Morgan fingerprint density at radius 1 is 1.39 bits per heavy atom. The van der Waals surface area contributed by atoms with Gasteiger partial charge in [0.25, 0.3) is 5.89 Å². The Labute approximate surface area is 97.2 Å². The maximum atomic E-state index is 13.7. The van der Waals surface area contributed by atoms with Crippen molar-refractivity contribution in [1.29, 1.82) is 0 Å². The van der Waals surface area contributed by atoms with Gasteiger partial charge in [0.05, 0.1) is 4.92 Å². The Kier molecular flexibility index (Phi) is 2.80. The summed E-state index contributed by atoms with van der Waals surface area (Å²) >= 11 is 0. The van der Waals surface area contributed by atoms with Crippen LogP contribution in [0.4, 0.5) is 14.5 Å². The SMILES string of the molecule is O=Cc1nc(-c2c(F)ccc([N+](=O)[O-])c2F)no1. The summed E-state index contributed by atoms with van der Waals surface area (Å²) in [5, 5.41) is 13.7. The molecule has 92 valence electrons. The molecule has 0 aliphatic heterocycles. The van der Waals surface area contributed by atoms with Gasteiger partial charge in [-0.05, 0) is 6.07 Å². The quantitative estimate of drug-likeness (QED) is 0.470. The molecule has 0 unspecified atom stereocenters. The molecule has 1 aromatic heterocycles. The third-order valence-electron chi connectivity index (χ3n) is 2.03. The lowest BCUT2D eigenvalue weighted by atomic mass is 10.1. The molecular formula is C9H3F2N3O4. The van der Waals surface area contributed by atoms with E-state index >= 15 is 0 Å². The van der Waals surface area contributed by atoms with Gasteiger partial charge in [0.2, 0.25) is 17.9 Å². The van der Waals surface area contributed by atoms with Crippen LogP contribution in [0.3, 0.4) is 0 Å². The molecule has 0 spiro atoms. The number of hydrogen-bond donors (Lipinski definition) is 0. The summed E-state index contributed by atoms with van der Waals surface area (Å²) < 4.78 is 31.5. The number of nitro benzene ring substituents is 1. The molecule has 1 heterocycles. The zero-order valence-corrected chi connectivity index (χ0v) is 8.46. The molecule has 0 aliphatic rings. The number of carbonyl (C=O) groups excluding carboxylic acids is 1. The minimum Gasteiger partial charge on any atom is -0.331 e. The first-order valence-electron chi connectivity index (χ1n) is 4.46. The van der Waals surface area contributed by atoms with Crippen molar-refractivity contribution < 1.29 is 23.0 Å². The summed E-state index contributed by atoms with van der Waals surface area (Å²) in [5.41, 5.74) is -1.75. The molecule has 0 N–H and O–H groups in total. The van der Waals surface area contributed by atoms with Crippen LogP contribution in [-0.4, -0.2) is 21.4 Å². The topological polar surface area (TPSA) is 99.1 Å². The van der Waals surface area contributed by atoms with E-state index in [2.05, 4.69) is 14.7 Å². The highest BCUT2D eigenvalue weighted by Crippen LogP contribution is 2.29. The zero-order chi connectivity index (χ0) is 13.3. The molecule has 18 heavy (non-hydrogen) atoms. The van der Waals surface area contributed by atoms with Crippen molar-refractivity contribution in [2.75, 3.05) is 0 Å². The molecule has 1 aromatic carbocycles. The molecule has 0 fully saturated rings. The summed E-state index contributed by atoms with van der Waals surface area (Å²) in [5.74, 6) is -3.60. The highest BCUT2D eigenvalue weighted by molar-refractivity contribution is 5.69. The van der Waals surface area contributed by atoms with Crippen molar-refractivity contribution in [2.24, 2.45) is 0 Å². The second kappa shape index (κ2) is 4.28. The molecule has 0 bridgehead atoms. The van der Waals surface area contributed by atoms with E-state index in [-0.39, 0.29) is 6.29 Å². The first kappa shape index (κ1) is 11.8. The van der Waals surface area contributed by atoms with E-state index in [4.69, 9.17) is 0 Å². The molecular weight excluding hydrogens is 252 g/mol. The first-order valence-corrected chi connectivity index (χ1v) is 4.46. The minimum atomic E-state index is -1.43. The number of benzene rings is 1. The van der Waals surface area contributed by atoms with E-state index in [0.717, 1.165) is 0 Å². The Hall–Kier alpha value is -2.71. The van der Waals surface area contributed by atoms with Crippen molar-refractivity contribution >= 4 is 12.0 Å². The van der Waals surface area contributed by atoms with Crippen LogP contribution in [0.5, 0.6) is 0 Å². The second-order valence-electron chi connectivity index (χ2n) is 3.09. The van der Waals surface area contributed by atoms with Gasteiger partial charge in [-0.25, -0.2) is 4.39 Å². The van der Waals surface area contributed by atoms with Crippen LogP contribution < -0.4 is 0 Å². The van der Waals surface area contributed by atoms with Crippen LogP contribution >= 0.6 is 0 Å². The van der Waals surface area contributed by atoms with E-state index in [9.17, 15) is 23.7 Å². The van der Waals surface area contributed by atoms with E-state index < -0.39 is 39.5 Å². The zero-order valence-electron chi connectivity index (χ0n) is 8.46. The lowest BCUT2D eigenvalue weighted by Gasteiger charge is -2.00. The molecule has 0 saturated carbocycles. The van der Waals surface area contributed by atoms with E-state index in [1.165, 1.54) is 0 Å². The molecule has 2 aromatic rings. The van der Waals surface area contributed by atoms with Crippen LogP contribution in [0.1, 0.15) is 10.7 Å². The van der Waals surface area contributed by atoms with Gasteiger partial charge in [-0.3, -0.25) is 14.9 Å². The summed E-state index contributed by atoms with van der Waals surface area (Å²) in [6.45, 7) is 0. The number of nitrogens with zero attached hydrogens (tertiary/aromatic N) is 3. The van der Waals surface area contributed by atoms with Crippen LogP contribution in [0.15, 0.2) is 16.7 Å². The van der Waals surface area contributed by atoms with Gasteiger partial charge in [0.1, 0.15) is 11.4 Å². The summed E-state index contributed by atoms with van der Waals surface area (Å²) in [4.78, 5) is 23.2. The molecule has 0 atom stereocenters. The number of rotatable bonds is 3. The average molecular weight is 255 g/mol. The number of nitro groups is 1. The van der Waals surface area contributed by atoms with Gasteiger partial charge in [0.15, 0.2) is 0 Å². The predicted molar refractivity (Wildman–Crippen MR) is 51.7 cm³/mol. The van der Waals surface area contributed by atoms with Gasteiger partial charge in [-0.1, -0.05) is 5.16 Å². The van der Waals surface area contributed by atoms with Crippen LogP contribution in [0, 0.1) is 21.7 Å². The highest BCUT2D eigenvalue weighted by Gasteiger charge is 2.25. The normalized spacial score (nSPS) is 10.3. The average Bonchev–Trinajstić information content (AvgIpc) is 2.77. The van der Waals surface area contributed by atoms with Gasteiger partial charge < -0.3 is 4.52 Å². The first-order chi connectivity index (χ1) is 8.54. The third-order valence-corrected chi connectivity index (χ3v) is 2.03. The molecule has 0 amide bonds. The largest absolute Gasteiger partial charge is 0.331 e. The van der Waals surface area contributed by atoms with Crippen LogP contribution in [0.2, 0.25) is 0 Å².